The second-order valence-corrected chi connectivity index (χ2v) is 3.97. The number of carbonyl (C=O) groups excluding carboxylic acids is 1. The molecular formula is C12H12F5NO2. The van der Waals surface area contributed by atoms with E-state index in [2.05, 4.69) is 9.72 Å². The van der Waals surface area contributed by atoms with Gasteiger partial charge in [0.05, 0.1) is 24.3 Å². The monoisotopic (exact) mass is 297 g/mol. The molecule has 112 valence electrons. The zero-order valence-electron chi connectivity index (χ0n) is 10.7. The molecule has 0 aromatic carbocycles. The first-order valence-corrected chi connectivity index (χ1v) is 5.68. The van der Waals surface area contributed by atoms with Crippen molar-refractivity contribution in [3.63, 3.8) is 0 Å². The molecule has 3 nitrogen and oxygen atoms in total. The molecule has 0 unspecified atom stereocenters. The van der Waals surface area contributed by atoms with E-state index in [0.29, 0.717) is 0 Å². The van der Waals surface area contributed by atoms with Gasteiger partial charge in [0.25, 0.3) is 6.43 Å². The van der Waals surface area contributed by atoms with Gasteiger partial charge in [-0.05, 0) is 25.5 Å². The molecule has 0 N–H and O–H groups in total. The van der Waals surface area contributed by atoms with Crippen LogP contribution in [0.2, 0.25) is 0 Å². The van der Waals surface area contributed by atoms with Crippen molar-refractivity contribution >= 4 is 5.97 Å². The maximum Gasteiger partial charge on any atom is 0.433 e. The van der Waals surface area contributed by atoms with E-state index in [4.69, 9.17) is 0 Å². The molecule has 0 bridgehead atoms. The summed E-state index contributed by atoms with van der Waals surface area (Å²) in [5.41, 5.74) is -3.34. The minimum Gasteiger partial charge on any atom is -0.466 e. The van der Waals surface area contributed by atoms with Crippen LogP contribution >= 0.6 is 0 Å². The Kier molecular flexibility index (Phi) is 5.02. The summed E-state index contributed by atoms with van der Waals surface area (Å²) in [7, 11) is 0. The minimum atomic E-state index is -5.01. The third-order valence-corrected chi connectivity index (χ3v) is 2.44. The first kappa shape index (κ1) is 16.3. The number of hydrogen-bond acceptors (Lipinski definition) is 3. The zero-order chi connectivity index (χ0) is 15.5. The second-order valence-electron chi connectivity index (χ2n) is 3.97. The second kappa shape index (κ2) is 6.15. The van der Waals surface area contributed by atoms with Crippen LogP contribution in [0.4, 0.5) is 22.0 Å². The van der Waals surface area contributed by atoms with Crippen LogP contribution in [0.15, 0.2) is 6.07 Å². The quantitative estimate of drug-likeness (QED) is 0.631. The van der Waals surface area contributed by atoms with Crippen LogP contribution in [0.25, 0.3) is 0 Å². The lowest BCUT2D eigenvalue weighted by Crippen LogP contribution is -2.17. The molecule has 1 aromatic heterocycles. The number of hydrogen-bond donors (Lipinski definition) is 0. The van der Waals surface area contributed by atoms with Crippen LogP contribution in [0.5, 0.6) is 0 Å². The van der Waals surface area contributed by atoms with Gasteiger partial charge in [0, 0.05) is 0 Å². The molecule has 1 rings (SSSR count). The summed E-state index contributed by atoms with van der Waals surface area (Å²) in [6.07, 6.45) is -8.81. The van der Waals surface area contributed by atoms with Crippen molar-refractivity contribution < 1.29 is 31.5 Å². The van der Waals surface area contributed by atoms with Gasteiger partial charge in [-0.15, -0.1) is 0 Å². The summed E-state index contributed by atoms with van der Waals surface area (Å²) in [6, 6.07) is 1.04. The Morgan fingerprint density at radius 3 is 2.45 bits per heavy atom. The number of halogens is 5. The smallest absolute Gasteiger partial charge is 0.433 e. The van der Waals surface area contributed by atoms with Crippen molar-refractivity contribution in [1.29, 1.82) is 0 Å². The number of aryl methyl sites for hydroxylation is 1. The highest BCUT2D eigenvalue weighted by molar-refractivity contribution is 5.72. The van der Waals surface area contributed by atoms with Crippen molar-refractivity contribution in [2.24, 2.45) is 0 Å². The molecule has 0 radical (unpaired) electrons. The average Bonchev–Trinajstić information content (AvgIpc) is 2.26. The van der Waals surface area contributed by atoms with E-state index >= 15 is 0 Å². The van der Waals surface area contributed by atoms with Crippen LogP contribution in [0.3, 0.4) is 0 Å². The highest BCUT2D eigenvalue weighted by Crippen LogP contribution is 2.37. The van der Waals surface area contributed by atoms with Crippen molar-refractivity contribution in [3.8, 4) is 0 Å². The maximum absolute atomic E-state index is 12.7. The van der Waals surface area contributed by atoms with Crippen LogP contribution < -0.4 is 0 Å². The van der Waals surface area contributed by atoms with Gasteiger partial charge < -0.3 is 4.74 Å². The third kappa shape index (κ3) is 3.88. The molecule has 0 aliphatic heterocycles. The number of nitrogens with zero attached hydrogens (tertiary/aromatic N) is 1. The molecule has 0 fully saturated rings. The Morgan fingerprint density at radius 1 is 1.40 bits per heavy atom. The first-order valence-electron chi connectivity index (χ1n) is 5.68. The normalized spacial score (nSPS) is 11.8. The number of esters is 1. The van der Waals surface area contributed by atoms with Crippen LogP contribution in [0.1, 0.15) is 35.9 Å². The lowest BCUT2D eigenvalue weighted by atomic mass is 10.0. The number of ether oxygens (including phenoxy) is 1. The number of alkyl halides is 5. The summed E-state index contributed by atoms with van der Waals surface area (Å²) in [6.45, 7) is 2.73. The molecule has 0 saturated heterocycles. The lowest BCUT2D eigenvalue weighted by molar-refractivity contribution is -0.145. The van der Waals surface area contributed by atoms with E-state index in [1.165, 1.54) is 6.92 Å². The van der Waals surface area contributed by atoms with E-state index in [1.54, 1.807) is 0 Å². The predicted molar refractivity (Wildman–Crippen MR) is 59.3 cm³/mol. The average molecular weight is 297 g/mol. The van der Waals surface area contributed by atoms with Gasteiger partial charge in [-0.25, -0.2) is 13.8 Å². The van der Waals surface area contributed by atoms with Crippen LogP contribution in [-0.4, -0.2) is 17.6 Å². The van der Waals surface area contributed by atoms with Crippen LogP contribution in [0, 0.1) is 6.92 Å². The van der Waals surface area contributed by atoms with E-state index in [-0.39, 0.29) is 17.9 Å². The number of pyridine rings is 1. The zero-order valence-corrected chi connectivity index (χ0v) is 10.7. The Labute approximate surface area is 111 Å². The van der Waals surface area contributed by atoms with Gasteiger partial charge in [-0.2, -0.15) is 13.2 Å². The third-order valence-electron chi connectivity index (χ3n) is 2.44. The minimum absolute atomic E-state index is 0.0685. The predicted octanol–water partition coefficient (Wildman–Crippen LogP) is 3.45. The fourth-order valence-electron chi connectivity index (χ4n) is 1.69. The van der Waals surface area contributed by atoms with E-state index in [1.807, 2.05) is 0 Å². The fourth-order valence-corrected chi connectivity index (χ4v) is 1.69. The molecule has 20 heavy (non-hydrogen) atoms. The van der Waals surface area contributed by atoms with Gasteiger partial charge in [-0.3, -0.25) is 4.79 Å². The Balaban J connectivity index is 3.25. The Bertz CT molecular complexity index is 499. The first-order chi connectivity index (χ1) is 9.16. The molecular weight excluding hydrogens is 285 g/mol. The molecule has 0 spiro atoms. The van der Waals surface area contributed by atoms with Gasteiger partial charge >= 0.3 is 12.1 Å². The summed E-state index contributed by atoms with van der Waals surface area (Å²) < 4.78 is 68.2. The van der Waals surface area contributed by atoms with E-state index in [0.717, 1.165) is 13.0 Å². The topological polar surface area (TPSA) is 39.2 Å². The van der Waals surface area contributed by atoms with E-state index < -0.39 is 36.2 Å². The fraction of sp³-hybridized carbons (Fsp3) is 0.500. The van der Waals surface area contributed by atoms with Crippen molar-refractivity contribution in [3.05, 3.63) is 28.6 Å². The number of carbonyl (C=O) groups is 1. The van der Waals surface area contributed by atoms with Gasteiger partial charge in [0.2, 0.25) is 0 Å². The molecule has 8 heteroatoms. The van der Waals surface area contributed by atoms with Crippen LogP contribution in [-0.2, 0) is 22.1 Å². The molecule has 0 amide bonds. The van der Waals surface area contributed by atoms with Gasteiger partial charge in [-0.1, -0.05) is 0 Å². The molecule has 0 atom stereocenters. The molecule has 0 aliphatic rings. The molecule has 0 saturated carbocycles. The molecule has 1 heterocycles. The summed E-state index contributed by atoms with van der Waals surface area (Å²) in [5.74, 6) is -0.766. The highest BCUT2D eigenvalue weighted by Gasteiger charge is 2.39. The standard InChI is InChI=1S/C12H12F5NO2/c1-3-20-8(19)5-7-4-6(2)9(11(13)14)10(18-7)12(15,16)17/h4,11H,3,5H2,1-2H3. The van der Waals surface area contributed by atoms with Crippen molar-refractivity contribution in [1.82, 2.24) is 4.98 Å². The van der Waals surface area contributed by atoms with Gasteiger partial charge in [0.15, 0.2) is 5.69 Å². The van der Waals surface area contributed by atoms with Crippen molar-refractivity contribution in [2.45, 2.75) is 32.9 Å². The van der Waals surface area contributed by atoms with E-state index in [9.17, 15) is 26.7 Å². The molecule has 1 aromatic rings. The Morgan fingerprint density at radius 2 is 2.00 bits per heavy atom. The summed E-state index contributed by atoms with van der Waals surface area (Å²) >= 11 is 0. The Hall–Kier alpha value is -1.73. The highest BCUT2D eigenvalue weighted by atomic mass is 19.4. The summed E-state index contributed by atoms with van der Waals surface area (Å²) in [4.78, 5) is 14.4. The van der Waals surface area contributed by atoms with Crippen molar-refractivity contribution in [2.75, 3.05) is 6.61 Å². The number of aromatic nitrogens is 1. The van der Waals surface area contributed by atoms with Gasteiger partial charge in [0.1, 0.15) is 0 Å². The molecule has 0 aliphatic carbocycles. The summed E-state index contributed by atoms with van der Waals surface area (Å²) in [5, 5.41) is 0. The SMILES string of the molecule is CCOC(=O)Cc1cc(C)c(C(F)F)c(C(F)(F)F)n1. The maximum atomic E-state index is 12.7. The number of rotatable bonds is 4. The lowest BCUT2D eigenvalue weighted by Gasteiger charge is -2.15. The largest absolute Gasteiger partial charge is 0.466 e.